The van der Waals surface area contributed by atoms with E-state index in [0.717, 1.165) is 19.6 Å². The van der Waals surface area contributed by atoms with Crippen molar-refractivity contribution in [3.8, 4) is 0 Å². The quantitative estimate of drug-likeness (QED) is 0.844. The Kier molecular flexibility index (Phi) is 2.72. The molecule has 2 bridgehead atoms. The molecule has 1 heterocycles. The first-order chi connectivity index (χ1) is 8.16. The zero-order valence-corrected chi connectivity index (χ0v) is 10.5. The van der Waals surface area contributed by atoms with Crippen molar-refractivity contribution in [2.75, 3.05) is 13.1 Å². The first-order valence-corrected chi connectivity index (χ1v) is 6.65. The summed E-state index contributed by atoms with van der Waals surface area (Å²) >= 11 is 0. The van der Waals surface area contributed by atoms with E-state index in [1.54, 1.807) is 0 Å². The van der Waals surface area contributed by atoms with Crippen molar-refractivity contribution < 1.29 is 5.11 Å². The smallest absolute Gasteiger partial charge is 0.0700 e. The van der Waals surface area contributed by atoms with Crippen molar-refractivity contribution in [3.05, 3.63) is 35.9 Å². The van der Waals surface area contributed by atoms with E-state index >= 15 is 0 Å². The van der Waals surface area contributed by atoms with Gasteiger partial charge in [0.25, 0.3) is 0 Å². The maximum absolute atomic E-state index is 10.4. The lowest BCUT2D eigenvalue weighted by Gasteiger charge is -2.42. The SMILES string of the molecule is CC1(O)[C@@H]2CC[C@H]1CN(Cc1ccccc1)C2. The monoisotopic (exact) mass is 231 g/mol. The molecule has 17 heavy (non-hydrogen) atoms. The molecule has 1 aliphatic carbocycles. The molecule has 1 aromatic carbocycles. The van der Waals surface area contributed by atoms with Gasteiger partial charge >= 0.3 is 0 Å². The second-order valence-corrected chi connectivity index (χ2v) is 5.88. The van der Waals surface area contributed by atoms with Crippen molar-refractivity contribution in [3.63, 3.8) is 0 Å². The Morgan fingerprint density at radius 3 is 2.35 bits per heavy atom. The van der Waals surface area contributed by atoms with Crippen molar-refractivity contribution in [2.24, 2.45) is 11.8 Å². The fourth-order valence-electron chi connectivity index (χ4n) is 3.54. The van der Waals surface area contributed by atoms with Gasteiger partial charge in [0.2, 0.25) is 0 Å². The molecule has 2 fully saturated rings. The van der Waals surface area contributed by atoms with E-state index in [0.29, 0.717) is 11.8 Å². The van der Waals surface area contributed by atoms with Gasteiger partial charge in [-0.2, -0.15) is 0 Å². The van der Waals surface area contributed by atoms with Crippen LogP contribution in [0, 0.1) is 11.8 Å². The Labute approximate surface area is 103 Å². The highest BCUT2D eigenvalue weighted by atomic mass is 16.3. The van der Waals surface area contributed by atoms with Crippen LogP contribution in [0.1, 0.15) is 25.3 Å². The molecular formula is C15H21NO. The lowest BCUT2D eigenvalue weighted by molar-refractivity contribution is -0.0707. The van der Waals surface area contributed by atoms with Crippen LogP contribution in [0.15, 0.2) is 30.3 Å². The molecule has 0 amide bonds. The van der Waals surface area contributed by atoms with Crippen LogP contribution < -0.4 is 0 Å². The molecule has 1 unspecified atom stereocenters. The third-order valence-electron chi connectivity index (χ3n) is 4.72. The maximum atomic E-state index is 10.4. The summed E-state index contributed by atoms with van der Waals surface area (Å²) in [5.41, 5.74) is 0.973. The molecule has 1 saturated heterocycles. The zero-order valence-electron chi connectivity index (χ0n) is 10.5. The van der Waals surface area contributed by atoms with Crippen LogP contribution in [-0.4, -0.2) is 28.7 Å². The summed E-state index contributed by atoms with van der Waals surface area (Å²) in [5, 5.41) is 10.4. The van der Waals surface area contributed by atoms with Crippen LogP contribution in [0.2, 0.25) is 0 Å². The average molecular weight is 231 g/mol. The molecule has 92 valence electrons. The van der Waals surface area contributed by atoms with Crippen molar-refractivity contribution >= 4 is 0 Å². The Balaban J connectivity index is 1.69. The van der Waals surface area contributed by atoms with Gasteiger partial charge in [0, 0.05) is 31.5 Å². The number of nitrogens with zero attached hydrogens (tertiary/aromatic N) is 1. The van der Waals surface area contributed by atoms with Gasteiger partial charge in [-0.05, 0) is 25.3 Å². The minimum absolute atomic E-state index is 0.410. The Morgan fingerprint density at radius 1 is 1.18 bits per heavy atom. The van der Waals surface area contributed by atoms with E-state index < -0.39 is 5.60 Å². The molecule has 2 nitrogen and oxygen atoms in total. The third kappa shape index (κ3) is 2.00. The van der Waals surface area contributed by atoms with E-state index in [1.807, 2.05) is 6.92 Å². The Bertz CT molecular complexity index is 371. The lowest BCUT2D eigenvalue weighted by Crippen LogP contribution is -2.51. The summed E-state index contributed by atoms with van der Waals surface area (Å²) < 4.78 is 0. The number of hydrogen-bond acceptors (Lipinski definition) is 2. The molecule has 1 N–H and O–H groups in total. The second-order valence-electron chi connectivity index (χ2n) is 5.88. The summed E-state index contributed by atoms with van der Waals surface area (Å²) in [6.45, 7) is 5.18. The fraction of sp³-hybridized carbons (Fsp3) is 0.600. The number of likely N-dealkylation sites (tertiary alicyclic amines) is 1. The highest BCUT2D eigenvalue weighted by molar-refractivity contribution is 5.15. The summed E-state index contributed by atoms with van der Waals surface area (Å²) in [6.07, 6.45) is 2.39. The van der Waals surface area contributed by atoms with E-state index in [4.69, 9.17) is 0 Å². The highest BCUT2D eigenvalue weighted by Gasteiger charge is 2.49. The van der Waals surface area contributed by atoms with E-state index in [2.05, 4.69) is 35.2 Å². The zero-order chi connectivity index (χ0) is 11.9. The summed E-state index contributed by atoms with van der Waals surface area (Å²) in [7, 11) is 0. The van der Waals surface area contributed by atoms with Gasteiger partial charge in [-0.3, -0.25) is 4.90 Å². The molecule has 0 aromatic heterocycles. The molecule has 2 aliphatic rings. The van der Waals surface area contributed by atoms with Gasteiger partial charge in [0.1, 0.15) is 0 Å². The van der Waals surface area contributed by atoms with Crippen LogP contribution >= 0.6 is 0 Å². The molecule has 2 heteroatoms. The molecule has 0 spiro atoms. The molecule has 3 rings (SSSR count). The summed E-state index contributed by atoms with van der Waals surface area (Å²) in [5.74, 6) is 0.954. The number of fused-ring (bicyclic) bond motifs is 2. The van der Waals surface area contributed by atoms with Gasteiger partial charge < -0.3 is 5.11 Å². The Hall–Kier alpha value is -0.860. The molecule has 0 radical (unpaired) electrons. The van der Waals surface area contributed by atoms with E-state index in [-0.39, 0.29) is 0 Å². The summed E-state index contributed by atoms with van der Waals surface area (Å²) in [4.78, 5) is 2.51. The predicted octanol–water partition coefficient (Wildman–Crippen LogP) is 2.28. The normalized spacial score (nSPS) is 37.3. The van der Waals surface area contributed by atoms with Gasteiger partial charge in [-0.25, -0.2) is 0 Å². The highest BCUT2D eigenvalue weighted by Crippen LogP contribution is 2.44. The summed E-state index contributed by atoms with van der Waals surface area (Å²) in [6, 6.07) is 10.6. The van der Waals surface area contributed by atoms with Crippen molar-refractivity contribution in [1.29, 1.82) is 0 Å². The molecular weight excluding hydrogens is 210 g/mol. The second kappa shape index (κ2) is 4.11. The van der Waals surface area contributed by atoms with Crippen molar-refractivity contribution in [1.82, 2.24) is 4.90 Å². The fourth-order valence-corrected chi connectivity index (χ4v) is 3.54. The standard InChI is InChI=1S/C15H21NO/c1-15(17)13-7-8-14(15)11-16(10-13)9-12-5-3-2-4-6-12/h2-6,13-14,17H,7-11H2,1H3/t13-,14+,15?. The van der Waals surface area contributed by atoms with Gasteiger partial charge in [-0.15, -0.1) is 0 Å². The third-order valence-corrected chi connectivity index (χ3v) is 4.72. The van der Waals surface area contributed by atoms with Crippen molar-refractivity contribution in [2.45, 2.75) is 31.9 Å². The van der Waals surface area contributed by atoms with Crippen LogP contribution in [0.5, 0.6) is 0 Å². The average Bonchev–Trinajstić information content (AvgIpc) is 2.53. The number of piperidine rings is 1. The molecule has 3 atom stereocenters. The predicted molar refractivity (Wildman–Crippen MR) is 68.6 cm³/mol. The van der Waals surface area contributed by atoms with Crippen LogP contribution in [0.3, 0.4) is 0 Å². The lowest BCUT2D eigenvalue weighted by atomic mass is 9.82. The largest absolute Gasteiger partial charge is 0.390 e. The molecule has 1 saturated carbocycles. The van der Waals surface area contributed by atoms with Gasteiger partial charge in [0.05, 0.1) is 5.60 Å². The first-order valence-electron chi connectivity index (χ1n) is 6.65. The number of aliphatic hydroxyl groups is 1. The van der Waals surface area contributed by atoms with Gasteiger partial charge in [-0.1, -0.05) is 30.3 Å². The number of rotatable bonds is 2. The van der Waals surface area contributed by atoms with Crippen LogP contribution in [-0.2, 0) is 6.54 Å². The minimum atomic E-state index is -0.410. The first kappa shape index (κ1) is 11.2. The minimum Gasteiger partial charge on any atom is -0.390 e. The number of hydrogen-bond donors (Lipinski definition) is 1. The molecule has 1 aliphatic heterocycles. The van der Waals surface area contributed by atoms with Gasteiger partial charge in [0.15, 0.2) is 0 Å². The van der Waals surface area contributed by atoms with E-state index in [9.17, 15) is 5.11 Å². The van der Waals surface area contributed by atoms with E-state index in [1.165, 1.54) is 18.4 Å². The Morgan fingerprint density at radius 2 is 1.76 bits per heavy atom. The van der Waals surface area contributed by atoms with Crippen LogP contribution in [0.4, 0.5) is 0 Å². The molecule has 1 aromatic rings. The topological polar surface area (TPSA) is 23.5 Å². The van der Waals surface area contributed by atoms with Crippen LogP contribution in [0.25, 0.3) is 0 Å². The number of benzene rings is 1. The maximum Gasteiger partial charge on any atom is 0.0700 e.